The highest BCUT2D eigenvalue weighted by Gasteiger charge is 2.17. The highest BCUT2D eigenvalue weighted by molar-refractivity contribution is 6.07. The lowest BCUT2D eigenvalue weighted by Crippen LogP contribution is -2.15. The van der Waals surface area contributed by atoms with Gasteiger partial charge >= 0.3 is 5.97 Å². The lowest BCUT2D eigenvalue weighted by Gasteiger charge is -2.03. The minimum Gasteiger partial charge on any atom is -0.464 e. The lowest BCUT2D eigenvalue weighted by molar-refractivity contribution is 0.0589. The van der Waals surface area contributed by atoms with E-state index in [-0.39, 0.29) is 11.8 Å². The summed E-state index contributed by atoms with van der Waals surface area (Å²) in [7, 11) is 4.68. The summed E-state index contributed by atoms with van der Waals surface area (Å²) in [5, 5.41) is 5.48. The molecule has 2 amide bonds. The molecule has 0 saturated carbocycles. The van der Waals surface area contributed by atoms with Gasteiger partial charge in [-0.05, 0) is 30.7 Å². The van der Waals surface area contributed by atoms with E-state index in [0.717, 1.165) is 5.56 Å². The van der Waals surface area contributed by atoms with E-state index in [9.17, 15) is 14.4 Å². The predicted molar refractivity (Wildman–Crippen MR) is 115 cm³/mol. The summed E-state index contributed by atoms with van der Waals surface area (Å²) in [5.74, 6) is -1.16. The monoisotopic (exact) mass is 413 g/mol. The second-order valence-electron chi connectivity index (χ2n) is 6.44. The van der Waals surface area contributed by atoms with Crippen LogP contribution in [-0.2, 0) is 18.8 Å². The zero-order valence-corrected chi connectivity index (χ0v) is 18.0. The van der Waals surface area contributed by atoms with Gasteiger partial charge in [0.25, 0.3) is 11.8 Å². The fraction of sp³-hybridized carbons (Fsp3) is 0.286. The number of rotatable bonds is 5. The summed E-state index contributed by atoms with van der Waals surface area (Å²) in [4.78, 5) is 39.4. The van der Waals surface area contributed by atoms with Crippen molar-refractivity contribution in [3.05, 3.63) is 59.4 Å². The number of aromatic amines is 1. The van der Waals surface area contributed by atoms with E-state index >= 15 is 0 Å². The molecule has 3 aromatic rings. The molecule has 3 N–H and O–H groups in total. The Morgan fingerprint density at radius 2 is 1.43 bits per heavy atom. The van der Waals surface area contributed by atoms with Gasteiger partial charge in [0.1, 0.15) is 17.1 Å². The lowest BCUT2D eigenvalue weighted by atomic mass is 10.3. The number of anilines is 2. The number of aromatic nitrogens is 3. The molecule has 9 heteroatoms. The Morgan fingerprint density at radius 3 is 1.97 bits per heavy atom. The number of nitrogens with zero attached hydrogens (tertiary/aromatic N) is 2. The number of H-pyrrole nitrogens is 1. The van der Waals surface area contributed by atoms with Crippen molar-refractivity contribution in [3.63, 3.8) is 0 Å². The number of amides is 2. The van der Waals surface area contributed by atoms with Gasteiger partial charge in [0.15, 0.2) is 0 Å². The third-order valence-corrected chi connectivity index (χ3v) is 4.22. The second kappa shape index (κ2) is 9.64. The first-order valence-electron chi connectivity index (χ1n) is 9.47. The van der Waals surface area contributed by atoms with E-state index in [1.54, 1.807) is 54.0 Å². The van der Waals surface area contributed by atoms with Crippen molar-refractivity contribution >= 4 is 29.2 Å². The van der Waals surface area contributed by atoms with Crippen molar-refractivity contribution in [1.29, 1.82) is 0 Å². The third-order valence-electron chi connectivity index (χ3n) is 4.22. The first kappa shape index (κ1) is 22.5. The van der Waals surface area contributed by atoms with E-state index < -0.39 is 5.97 Å². The van der Waals surface area contributed by atoms with Gasteiger partial charge in [-0.2, -0.15) is 0 Å². The third kappa shape index (κ3) is 4.99. The first-order valence-corrected chi connectivity index (χ1v) is 9.47. The maximum atomic E-state index is 12.6. The molecule has 0 radical (unpaired) electrons. The number of ether oxygens (including phenoxy) is 1. The molecule has 160 valence electrons. The van der Waals surface area contributed by atoms with E-state index in [1.807, 2.05) is 20.8 Å². The number of hydrogen-bond acceptors (Lipinski definition) is 4. The van der Waals surface area contributed by atoms with Crippen LogP contribution in [0.4, 0.5) is 11.4 Å². The molecule has 0 saturated heterocycles. The molecule has 0 aromatic carbocycles. The molecule has 0 aliphatic heterocycles. The number of methoxy groups -OCH3 is 1. The Hall–Kier alpha value is -3.75. The van der Waals surface area contributed by atoms with Crippen LogP contribution in [0.15, 0.2) is 36.8 Å². The Bertz CT molecular complexity index is 1060. The summed E-state index contributed by atoms with van der Waals surface area (Å²) < 4.78 is 7.87. The maximum Gasteiger partial charge on any atom is 0.354 e. The zero-order valence-electron chi connectivity index (χ0n) is 18.0. The number of carbonyl (C=O) groups excluding carboxylic acids is 3. The Labute approximate surface area is 175 Å². The minimum absolute atomic E-state index is 0.295. The molecule has 3 aromatic heterocycles. The number of carbonyl (C=O) groups is 3. The molecule has 3 heterocycles. The summed E-state index contributed by atoms with van der Waals surface area (Å²) >= 11 is 0. The van der Waals surface area contributed by atoms with E-state index in [2.05, 4.69) is 15.6 Å². The molecule has 0 unspecified atom stereocenters. The van der Waals surface area contributed by atoms with Gasteiger partial charge in [-0.3, -0.25) is 9.59 Å². The fourth-order valence-corrected chi connectivity index (χ4v) is 2.83. The highest BCUT2D eigenvalue weighted by atomic mass is 16.5. The number of esters is 1. The van der Waals surface area contributed by atoms with Crippen LogP contribution >= 0.6 is 0 Å². The van der Waals surface area contributed by atoms with Crippen LogP contribution in [0.3, 0.4) is 0 Å². The van der Waals surface area contributed by atoms with E-state index in [1.165, 1.54) is 13.2 Å². The number of aryl methyl sites for hydroxylation is 3. The number of hydrogen-bond donors (Lipinski definition) is 3. The van der Waals surface area contributed by atoms with Gasteiger partial charge in [-0.15, -0.1) is 0 Å². The molecule has 30 heavy (non-hydrogen) atoms. The fourth-order valence-electron chi connectivity index (χ4n) is 2.83. The van der Waals surface area contributed by atoms with Gasteiger partial charge in [0.2, 0.25) is 0 Å². The largest absolute Gasteiger partial charge is 0.464 e. The van der Waals surface area contributed by atoms with Crippen molar-refractivity contribution < 1.29 is 19.1 Å². The average Bonchev–Trinajstić information content (AvgIpc) is 3.41. The maximum absolute atomic E-state index is 12.6. The molecule has 0 atom stereocenters. The van der Waals surface area contributed by atoms with Crippen LogP contribution in [0.2, 0.25) is 0 Å². The molecule has 0 aliphatic rings. The van der Waals surface area contributed by atoms with Gasteiger partial charge in [-0.1, -0.05) is 13.8 Å². The predicted octanol–water partition coefficient (Wildman–Crippen LogP) is 3.32. The van der Waals surface area contributed by atoms with Crippen LogP contribution in [0.1, 0.15) is 50.9 Å². The standard InChI is InChI=1S/C19H21N5O4.C2H6/c1-11-5-14(20-8-11)17(25)21-12-6-15(23(2)9-12)18(26)22-13-7-16(19(27)28-4)24(3)10-13;1-2/h5-10,20H,1-4H3,(H,21,25)(H,22,26);1-2H3. The molecule has 0 bridgehead atoms. The average molecular weight is 413 g/mol. The van der Waals surface area contributed by atoms with Gasteiger partial charge < -0.3 is 29.5 Å². The Kier molecular flexibility index (Phi) is 7.24. The van der Waals surface area contributed by atoms with Crippen molar-refractivity contribution in [2.45, 2.75) is 20.8 Å². The molecular weight excluding hydrogens is 386 g/mol. The van der Waals surface area contributed by atoms with Crippen LogP contribution in [-0.4, -0.2) is 39.0 Å². The molecule has 3 rings (SSSR count). The molecule has 0 aliphatic carbocycles. The first-order chi connectivity index (χ1) is 14.3. The molecule has 9 nitrogen and oxygen atoms in total. The van der Waals surface area contributed by atoms with Crippen LogP contribution in [0, 0.1) is 6.92 Å². The highest BCUT2D eigenvalue weighted by Crippen LogP contribution is 2.18. The van der Waals surface area contributed by atoms with Gasteiger partial charge in [-0.25, -0.2) is 4.79 Å². The quantitative estimate of drug-likeness (QED) is 0.557. The van der Waals surface area contributed by atoms with Crippen molar-refractivity contribution in [1.82, 2.24) is 14.1 Å². The van der Waals surface area contributed by atoms with Crippen LogP contribution in [0.25, 0.3) is 0 Å². The van der Waals surface area contributed by atoms with E-state index in [0.29, 0.717) is 28.5 Å². The molecular formula is C21H27N5O4. The van der Waals surface area contributed by atoms with Crippen molar-refractivity contribution in [3.8, 4) is 0 Å². The molecule has 0 fully saturated rings. The van der Waals surface area contributed by atoms with E-state index in [4.69, 9.17) is 4.74 Å². The summed E-state index contributed by atoms with van der Waals surface area (Å²) in [6.45, 7) is 5.88. The summed E-state index contributed by atoms with van der Waals surface area (Å²) in [5.41, 5.74) is 3.01. The van der Waals surface area contributed by atoms with Crippen LogP contribution in [0.5, 0.6) is 0 Å². The Morgan fingerprint density at radius 1 is 0.900 bits per heavy atom. The number of nitrogens with one attached hydrogen (secondary N) is 3. The summed E-state index contributed by atoms with van der Waals surface area (Å²) in [6, 6.07) is 4.84. The van der Waals surface area contributed by atoms with Crippen molar-refractivity contribution in [2.24, 2.45) is 14.1 Å². The zero-order chi connectivity index (χ0) is 22.4. The summed E-state index contributed by atoms with van der Waals surface area (Å²) in [6.07, 6.45) is 5.00. The second-order valence-corrected chi connectivity index (χ2v) is 6.44. The smallest absolute Gasteiger partial charge is 0.354 e. The normalized spacial score (nSPS) is 10.1. The SMILES string of the molecule is CC.COC(=O)c1cc(NC(=O)c2cc(NC(=O)c3cc(C)c[nH]3)cn2C)cn1C. The van der Waals surface area contributed by atoms with Crippen molar-refractivity contribution in [2.75, 3.05) is 17.7 Å². The van der Waals surface area contributed by atoms with Gasteiger partial charge in [0.05, 0.1) is 18.5 Å². The van der Waals surface area contributed by atoms with Crippen LogP contribution < -0.4 is 10.6 Å². The van der Waals surface area contributed by atoms with Gasteiger partial charge in [0, 0.05) is 32.7 Å². The topological polar surface area (TPSA) is 110 Å². The Balaban J connectivity index is 0.00000155. The molecule has 0 spiro atoms. The minimum atomic E-state index is -0.494.